The second-order valence-corrected chi connectivity index (χ2v) is 10.6. The third kappa shape index (κ3) is 2.23. The van der Waals surface area contributed by atoms with Gasteiger partial charge in [-0.15, -0.1) is 0 Å². The molecule has 5 unspecified atom stereocenters. The van der Waals surface area contributed by atoms with Crippen molar-refractivity contribution in [3.63, 3.8) is 0 Å². The molecule has 4 nitrogen and oxygen atoms in total. The van der Waals surface area contributed by atoms with E-state index >= 15 is 0 Å². The van der Waals surface area contributed by atoms with Gasteiger partial charge < -0.3 is 10.2 Å². The third-order valence-corrected chi connectivity index (χ3v) is 9.88. The molecule has 0 saturated heterocycles. The summed E-state index contributed by atoms with van der Waals surface area (Å²) in [5.41, 5.74) is -1.01. The predicted octanol–water partition coefficient (Wildman–Crippen LogP) is 3.80. The van der Waals surface area contributed by atoms with Gasteiger partial charge in [-0.25, -0.2) is 4.79 Å². The molecule has 0 heterocycles. The van der Waals surface area contributed by atoms with Gasteiger partial charge in [-0.2, -0.15) is 0 Å². The van der Waals surface area contributed by atoms with Crippen LogP contribution in [0.2, 0.25) is 0 Å². The van der Waals surface area contributed by atoms with Crippen LogP contribution in [0.1, 0.15) is 66.7 Å². The maximum Gasteiger partial charge on any atom is 0.164 e. The Balaban J connectivity index is 1.84. The van der Waals surface area contributed by atoms with E-state index in [1.165, 1.54) is 5.57 Å². The highest BCUT2D eigenvalue weighted by molar-refractivity contribution is 5.88. The Labute approximate surface area is 173 Å². The number of hydrogen-bond donors (Lipinski definition) is 2. The molecule has 4 rings (SSSR count). The molecule has 4 aliphatic carbocycles. The van der Waals surface area contributed by atoms with Crippen molar-refractivity contribution in [2.75, 3.05) is 0 Å². The largest absolute Gasteiger partial charge is 0.392 e. The van der Waals surface area contributed by atoms with Gasteiger partial charge >= 0.3 is 0 Å². The van der Waals surface area contributed by atoms with Gasteiger partial charge in [0.2, 0.25) is 0 Å². The number of carbonyl (C=O) groups is 1. The molecule has 0 aromatic rings. The van der Waals surface area contributed by atoms with E-state index < -0.39 is 22.5 Å². The quantitative estimate of drug-likeness (QED) is 0.694. The summed E-state index contributed by atoms with van der Waals surface area (Å²) in [4.78, 5) is 24.1. The molecule has 4 heteroatoms. The maximum atomic E-state index is 12.9. The lowest BCUT2D eigenvalue weighted by Gasteiger charge is -2.65. The van der Waals surface area contributed by atoms with Crippen LogP contribution in [0.4, 0.5) is 0 Å². The summed E-state index contributed by atoms with van der Waals surface area (Å²) in [6, 6.07) is 0. The molecule has 0 bridgehead atoms. The van der Waals surface area contributed by atoms with Crippen LogP contribution in [0, 0.1) is 34.0 Å². The van der Waals surface area contributed by atoms with Gasteiger partial charge in [0, 0.05) is 22.7 Å². The van der Waals surface area contributed by atoms with Gasteiger partial charge in [0.05, 0.1) is 11.7 Å². The normalized spacial score (nSPS) is 50.9. The van der Waals surface area contributed by atoms with Gasteiger partial charge in [-0.05, 0) is 55.6 Å². The van der Waals surface area contributed by atoms with Crippen LogP contribution >= 0.6 is 0 Å². The molecule has 0 aliphatic heterocycles. The highest BCUT2D eigenvalue weighted by Gasteiger charge is 2.73. The minimum atomic E-state index is -1.37. The molecule has 0 radical (unpaired) electrons. The fourth-order valence-electron chi connectivity index (χ4n) is 7.93. The molecule has 8 atom stereocenters. The second-order valence-electron chi connectivity index (χ2n) is 10.6. The summed E-state index contributed by atoms with van der Waals surface area (Å²) < 4.78 is 0. The molecule has 0 spiro atoms. The summed E-state index contributed by atoms with van der Waals surface area (Å²) in [6.07, 6.45) is 8.53. The molecular formula is C25H34O4. The van der Waals surface area contributed by atoms with Crippen molar-refractivity contribution in [2.45, 2.75) is 78.4 Å². The van der Waals surface area contributed by atoms with Gasteiger partial charge in [0.15, 0.2) is 5.78 Å². The summed E-state index contributed by atoms with van der Waals surface area (Å²) in [5, 5.41) is 23.3. The van der Waals surface area contributed by atoms with Gasteiger partial charge in [0.1, 0.15) is 11.5 Å². The van der Waals surface area contributed by atoms with Crippen LogP contribution < -0.4 is 0 Å². The average Bonchev–Trinajstić information content (AvgIpc) is 2.89. The molecule has 2 N–H and O–H groups in total. The molecule has 29 heavy (non-hydrogen) atoms. The van der Waals surface area contributed by atoms with Crippen molar-refractivity contribution >= 4 is 11.7 Å². The average molecular weight is 399 g/mol. The van der Waals surface area contributed by atoms with E-state index in [-0.39, 0.29) is 29.0 Å². The van der Waals surface area contributed by atoms with E-state index in [2.05, 4.69) is 19.9 Å². The summed E-state index contributed by atoms with van der Waals surface area (Å²) in [6.45, 7) is 10.2. The van der Waals surface area contributed by atoms with Gasteiger partial charge in [-0.3, -0.25) is 4.79 Å². The maximum absolute atomic E-state index is 12.9. The minimum absolute atomic E-state index is 0.0910. The molecule has 0 aromatic carbocycles. The molecule has 158 valence electrons. The van der Waals surface area contributed by atoms with Crippen LogP contribution in [-0.4, -0.2) is 33.6 Å². The lowest BCUT2D eigenvalue weighted by Crippen LogP contribution is -2.66. The topological polar surface area (TPSA) is 74.6 Å². The zero-order valence-electron chi connectivity index (χ0n) is 18.3. The van der Waals surface area contributed by atoms with E-state index in [1.807, 2.05) is 38.9 Å². The highest BCUT2D eigenvalue weighted by Crippen LogP contribution is 2.72. The van der Waals surface area contributed by atoms with Gasteiger partial charge in [0.25, 0.3) is 0 Å². The van der Waals surface area contributed by atoms with Crippen molar-refractivity contribution in [1.82, 2.24) is 0 Å². The highest BCUT2D eigenvalue weighted by atomic mass is 16.3. The van der Waals surface area contributed by atoms with Crippen LogP contribution in [0.3, 0.4) is 0 Å². The Bertz CT molecular complexity index is 864. The zero-order valence-corrected chi connectivity index (χ0v) is 18.3. The van der Waals surface area contributed by atoms with Crippen LogP contribution in [0.5, 0.6) is 0 Å². The fraction of sp³-hybridized carbons (Fsp3) is 0.720. The summed E-state index contributed by atoms with van der Waals surface area (Å²) in [7, 11) is 0. The summed E-state index contributed by atoms with van der Waals surface area (Å²) in [5.74, 6) is 2.17. The fourth-order valence-corrected chi connectivity index (χ4v) is 7.93. The number of rotatable bonds is 2. The smallest absolute Gasteiger partial charge is 0.164 e. The van der Waals surface area contributed by atoms with Crippen LogP contribution in [-0.2, 0) is 9.59 Å². The molecule has 0 aromatic heterocycles. The van der Waals surface area contributed by atoms with E-state index in [0.29, 0.717) is 18.4 Å². The van der Waals surface area contributed by atoms with Crippen molar-refractivity contribution in [3.05, 3.63) is 29.4 Å². The van der Waals surface area contributed by atoms with Crippen molar-refractivity contribution < 1.29 is 19.8 Å². The first-order valence-electron chi connectivity index (χ1n) is 11.1. The number of fused-ring (bicyclic) bond motifs is 5. The number of ketones is 1. The molecule has 3 saturated carbocycles. The number of allylic oxidation sites excluding steroid dienone is 5. The van der Waals surface area contributed by atoms with Crippen molar-refractivity contribution in [3.8, 4) is 0 Å². The van der Waals surface area contributed by atoms with Crippen molar-refractivity contribution in [2.24, 2.45) is 34.0 Å². The number of aliphatic hydroxyl groups excluding tert-OH is 1. The Morgan fingerprint density at radius 3 is 2.59 bits per heavy atom. The first-order chi connectivity index (χ1) is 13.5. The van der Waals surface area contributed by atoms with Gasteiger partial charge in [-0.1, -0.05) is 46.3 Å². The first kappa shape index (κ1) is 20.8. The Morgan fingerprint density at radius 1 is 1.28 bits per heavy atom. The molecule has 4 aliphatic rings. The second kappa shape index (κ2) is 6.26. The number of aliphatic hydroxyl groups is 2. The molecule has 3 fully saturated rings. The predicted molar refractivity (Wildman–Crippen MR) is 112 cm³/mol. The molecule has 0 amide bonds. The third-order valence-electron chi connectivity index (χ3n) is 9.88. The molecular weight excluding hydrogens is 364 g/mol. The van der Waals surface area contributed by atoms with Crippen LogP contribution in [0.25, 0.3) is 0 Å². The number of carbonyl (C=O) groups excluding carboxylic acids is 2. The SMILES string of the molecule is CCC(=O)[C@@]1(O)C(C)CC2[C@@H]3CCC4=CC(=C=O)C=CC4(C)[C@@]3(C)C(O)CC21C. The van der Waals surface area contributed by atoms with E-state index in [0.717, 1.165) is 19.3 Å². The lowest BCUT2D eigenvalue weighted by atomic mass is 9.39. The Morgan fingerprint density at radius 2 is 1.97 bits per heavy atom. The lowest BCUT2D eigenvalue weighted by molar-refractivity contribution is -0.207. The minimum Gasteiger partial charge on any atom is -0.392 e. The van der Waals surface area contributed by atoms with E-state index in [1.54, 1.807) is 0 Å². The Hall–Kier alpha value is -1.48. The van der Waals surface area contributed by atoms with E-state index in [4.69, 9.17) is 0 Å². The Kier molecular flexibility index (Phi) is 4.49. The standard InChI is InChI=1S/C25H34O4/c1-6-20(27)25(29)15(2)11-19-18-8-7-17-12-16(14-26)9-10-22(17,3)24(18,5)21(28)13-23(19,25)4/h9-10,12,15,18-19,21,28-29H,6-8,11,13H2,1-5H3/t15?,18-,19?,21?,22?,23?,24+,25-/m0/s1. The monoisotopic (exact) mass is 398 g/mol. The van der Waals surface area contributed by atoms with Crippen LogP contribution in [0.15, 0.2) is 29.4 Å². The van der Waals surface area contributed by atoms with E-state index in [9.17, 15) is 19.8 Å². The number of hydrogen-bond acceptors (Lipinski definition) is 4. The number of Topliss-reactive ketones (excluding diaryl/α,β-unsaturated/α-hetero) is 1. The summed E-state index contributed by atoms with van der Waals surface area (Å²) >= 11 is 0. The zero-order chi connectivity index (χ0) is 21.4. The van der Waals surface area contributed by atoms with Crippen molar-refractivity contribution in [1.29, 1.82) is 0 Å². The first-order valence-corrected chi connectivity index (χ1v) is 11.1.